The van der Waals surface area contributed by atoms with Crippen LogP contribution in [-0.4, -0.2) is 35.6 Å². The summed E-state index contributed by atoms with van der Waals surface area (Å²) >= 11 is 0. The van der Waals surface area contributed by atoms with Gasteiger partial charge < -0.3 is 15.7 Å². The molecule has 1 saturated heterocycles. The summed E-state index contributed by atoms with van der Waals surface area (Å²) in [6, 6.07) is 5.46. The molecule has 1 atom stereocenters. The standard InChI is InChI=1S/C14H20N2O2/c1-10-6-12(8-13(15)7-10)14(18)16-4-2-11(9-16)3-5-17/h6-8,11,17H,2-5,9,15H2,1H3. The number of hydrogen-bond donors (Lipinski definition) is 2. The van der Waals surface area contributed by atoms with Crippen molar-refractivity contribution in [2.75, 3.05) is 25.4 Å². The molecule has 1 amide bonds. The molecule has 1 aliphatic heterocycles. The molecule has 0 aromatic heterocycles. The molecule has 1 aliphatic rings. The molecule has 98 valence electrons. The molecule has 4 nitrogen and oxygen atoms in total. The van der Waals surface area contributed by atoms with E-state index in [4.69, 9.17) is 10.8 Å². The van der Waals surface area contributed by atoms with Crippen LogP contribution in [-0.2, 0) is 0 Å². The van der Waals surface area contributed by atoms with Crippen LogP contribution in [0.25, 0.3) is 0 Å². The first-order chi connectivity index (χ1) is 8.60. The summed E-state index contributed by atoms with van der Waals surface area (Å²) in [6.07, 6.45) is 1.76. The van der Waals surface area contributed by atoms with E-state index in [-0.39, 0.29) is 12.5 Å². The van der Waals surface area contributed by atoms with Gasteiger partial charge in [-0.25, -0.2) is 0 Å². The van der Waals surface area contributed by atoms with Crippen LogP contribution in [0.15, 0.2) is 18.2 Å². The number of nitrogens with zero attached hydrogens (tertiary/aromatic N) is 1. The highest BCUT2D eigenvalue weighted by Crippen LogP contribution is 2.22. The molecule has 1 aromatic rings. The second-order valence-corrected chi connectivity index (χ2v) is 5.05. The lowest BCUT2D eigenvalue weighted by molar-refractivity contribution is 0.0784. The van der Waals surface area contributed by atoms with Gasteiger partial charge in [-0.2, -0.15) is 0 Å². The molecule has 0 spiro atoms. The first-order valence-electron chi connectivity index (χ1n) is 6.37. The van der Waals surface area contributed by atoms with Crippen molar-refractivity contribution in [3.05, 3.63) is 29.3 Å². The first kappa shape index (κ1) is 12.9. The number of amides is 1. The molecule has 1 unspecified atom stereocenters. The van der Waals surface area contributed by atoms with Gasteiger partial charge in [0.2, 0.25) is 0 Å². The van der Waals surface area contributed by atoms with Gasteiger partial charge in [0.05, 0.1) is 0 Å². The van der Waals surface area contributed by atoms with Gasteiger partial charge in [0.15, 0.2) is 0 Å². The van der Waals surface area contributed by atoms with Gasteiger partial charge in [0.1, 0.15) is 0 Å². The third kappa shape index (κ3) is 2.82. The summed E-state index contributed by atoms with van der Waals surface area (Å²) < 4.78 is 0. The van der Waals surface area contributed by atoms with Crippen LogP contribution in [0.3, 0.4) is 0 Å². The number of rotatable bonds is 3. The summed E-state index contributed by atoms with van der Waals surface area (Å²) in [6.45, 7) is 3.65. The number of aliphatic hydroxyl groups excluding tert-OH is 1. The Morgan fingerprint density at radius 2 is 2.28 bits per heavy atom. The number of aliphatic hydroxyl groups is 1. The van der Waals surface area contributed by atoms with Gasteiger partial charge in [0.25, 0.3) is 5.91 Å². The van der Waals surface area contributed by atoms with Gasteiger partial charge in [-0.3, -0.25) is 4.79 Å². The average molecular weight is 248 g/mol. The van der Waals surface area contributed by atoms with Crippen LogP contribution in [0.5, 0.6) is 0 Å². The molecule has 0 bridgehead atoms. The summed E-state index contributed by atoms with van der Waals surface area (Å²) in [7, 11) is 0. The van der Waals surface area contributed by atoms with Crippen LogP contribution in [0.1, 0.15) is 28.8 Å². The zero-order valence-electron chi connectivity index (χ0n) is 10.7. The number of carbonyl (C=O) groups excluding carboxylic acids is 1. The second-order valence-electron chi connectivity index (χ2n) is 5.05. The van der Waals surface area contributed by atoms with Crippen LogP contribution >= 0.6 is 0 Å². The zero-order valence-corrected chi connectivity index (χ0v) is 10.7. The molecule has 0 aliphatic carbocycles. The fourth-order valence-corrected chi connectivity index (χ4v) is 2.55. The number of hydrogen-bond acceptors (Lipinski definition) is 3. The number of likely N-dealkylation sites (tertiary alicyclic amines) is 1. The van der Waals surface area contributed by atoms with E-state index < -0.39 is 0 Å². The third-order valence-corrected chi connectivity index (χ3v) is 3.46. The SMILES string of the molecule is Cc1cc(N)cc(C(=O)N2CCC(CCO)C2)c1. The molecular formula is C14H20N2O2. The largest absolute Gasteiger partial charge is 0.399 e. The van der Waals surface area contributed by atoms with Crippen LogP contribution in [0, 0.1) is 12.8 Å². The summed E-state index contributed by atoms with van der Waals surface area (Å²) in [5.74, 6) is 0.479. The molecule has 2 rings (SSSR count). The van der Waals surface area contributed by atoms with Crippen molar-refractivity contribution in [2.24, 2.45) is 5.92 Å². The van der Waals surface area contributed by atoms with Gasteiger partial charge >= 0.3 is 0 Å². The van der Waals surface area contributed by atoms with Crippen molar-refractivity contribution in [1.29, 1.82) is 0 Å². The van der Waals surface area contributed by atoms with Gasteiger partial charge in [-0.05, 0) is 49.4 Å². The van der Waals surface area contributed by atoms with E-state index in [9.17, 15) is 4.79 Å². The fraction of sp³-hybridized carbons (Fsp3) is 0.500. The number of nitrogen functional groups attached to an aromatic ring is 1. The summed E-state index contributed by atoms with van der Waals surface area (Å²) in [4.78, 5) is 14.2. The number of anilines is 1. The Labute approximate surface area is 107 Å². The van der Waals surface area contributed by atoms with Gasteiger partial charge in [-0.15, -0.1) is 0 Å². The Morgan fingerprint density at radius 1 is 1.50 bits per heavy atom. The van der Waals surface area contributed by atoms with Crippen molar-refractivity contribution in [2.45, 2.75) is 19.8 Å². The van der Waals surface area contributed by atoms with Gasteiger partial charge in [-0.1, -0.05) is 0 Å². The summed E-state index contributed by atoms with van der Waals surface area (Å²) in [5.41, 5.74) is 8.06. The maximum Gasteiger partial charge on any atom is 0.253 e. The minimum Gasteiger partial charge on any atom is -0.399 e. The Morgan fingerprint density at radius 3 is 2.94 bits per heavy atom. The van der Waals surface area contributed by atoms with Crippen molar-refractivity contribution in [1.82, 2.24) is 4.90 Å². The van der Waals surface area contributed by atoms with Crippen LogP contribution < -0.4 is 5.73 Å². The number of aryl methyl sites for hydroxylation is 1. The van der Waals surface area contributed by atoms with E-state index in [1.54, 1.807) is 6.07 Å². The topological polar surface area (TPSA) is 66.6 Å². The van der Waals surface area contributed by atoms with Crippen LogP contribution in [0.4, 0.5) is 5.69 Å². The van der Waals surface area contributed by atoms with Crippen molar-refractivity contribution >= 4 is 11.6 Å². The fourth-order valence-electron chi connectivity index (χ4n) is 2.55. The van der Waals surface area contributed by atoms with E-state index in [1.165, 1.54) is 0 Å². The highest BCUT2D eigenvalue weighted by molar-refractivity contribution is 5.95. The molecule has 1 fully saturated rings. The summed E-state index contributed by atoms with van der Waals surface area (Å²) in [5, 5.41) is 8.92. The van der Waals surface area contributed by atoms with E-state index >= 15 is 0 Å². The maximum atomic E-state index is 12.3. The Kier molecular flexibility index (Phi) is 3.87. The van der Waals surface area contributed by atoms with E-state index in [1.807, 2.05) is 24.0 Å². The molecule has 0 saturated carbocycles. The predicted octanol–water partition coefficient (Wildman–Crippen LogP) is 1.42. The molecule has 1 heterocycles. The van der Waals surface area contributed by atoms with Crippen molar-refractivity contribution in [3.8, 4) is 0 Å². The molecule has 18 heavy (non-hydrogen) atoms. The number of carbonyl (C=O) groups is 1. The Bertz CT molecular complexity index is 425. The molecule has 4 heteroatoms. The van der Waals surface area contributed by atoms with E-state index in [2.05, 4.69) is 0 Å². The normalized spacial score (nSPS) is 19.2. The smallest absolute Gasteiger partial charge is 0.253 e. The maximum absolute atomic E-state index is 12.3. The Balaban J connectivity index is 2.08. The first-order valence-corrected chi connectivity index (χ1v) is 6.37. The zero-order chi connectivity index (χ0) is 13.1. The predicted molar refractivity (Wildman–Crippen MR) is 71.3 cm³/mol. The van der Waals surface area contributed by atoms with E-state index in [0.717, 1.165) is 31.5 Å². The molecule has 0 radical (unpaired) electrons. The lowest BCUT2D eigenvalue weighted by Crippen LogP contribution is -2.28. The molecule has 1 aromatic carbocycles. The minimum absolute atomic E-state index is 0.0471. The monoisotopic (exact) mass is 248 g/mol. The quantitative estimate of drug-likeness (QED) is 0.795. The minimum atomic E-state index is 0.0471. The van der Waals surface area contributed by atoms with Gasteiger partial charge in [0, 0.05) is 30.9 Å². The molecule has 3 N–H and O–H groups in total. The highest BCUT2D eigenvalue weighted by Gasteiger charge is 2.26. The lowest BCUT2D eigenvalue weighted by Gasteiger charge is -2.17. The molecular weight excluding hydrogens is 228 g/mol. The van der Waals surface area contributed by atoms with Crippen molar-refractivity contribution in [3.63, 3.8) is 0 Å². The van der Waals surface area contributed by atoms with E-state index in [0.29, 0.717) is 17.2 Å². The highest BCUT2D eigenvalue weighted by atomic mass is 16.3. The van der Waals surface area contributed by atoms with Crippen LogP contribution in [0.2, 0.25) is 0 Å². The lowest BCUT2D eigenvalue weighted by atomic mass is 10.1. The number of nitrogens with two attached hydrogens (primary N) is 1. The third-order valence-electron chi connectivity index (χ3n) is 3.46. The van der Waals surface area contributed by atoms with Crippen molar-refractivity contribution < 1.29 is 9.90 Å². The Hall–Kier alpha value is -1.55. The number of benzene rings is 1. The second kappa shape index (κ2) is 5.40. The average Bonchev–Trinajstić information content (AvgIpc) is 2.76.